The lowest BCUT2D eigenvalue weighted by Gasteiger charge is -2.15. The number of nitrogens with one attached hydrogen (secondary N) is 1. The van der Waals surface area contributed by atoms with Gasteiger partial charge in [-0.3, -0.25) is 9.59 Å². The Morgan fingerprint density at radius 3 is 2.31 bits per heavy atom. The van der Waals surface area contributed by atoms with Crippen LogP contribution in [0.15, 0.2) is 67.0 Å². The molecule has 4 rings (SSSR count). The fourth-order valence-corrected chi connectivity index (χ4v) is 3.32. The highest BCUT2D eigenvalue weighted by Gasteiger charge is 2.19. The average molecular weight is 386 g/mol. The molecule has 1 fully saturated rings. The third-order valence-corrected chi connectivity index (χ3v) is 4.97. The molecule has 2 amide bonds. The summed E-state index contributed by atoms with van der Waals surface area (Å²) in [7, 11) is 0. The fraction of sp³-hybridized carbons (Fsp3) is 0.217. The molecule has 0 radical (unpaired) electrons. The molecule has 0 atom stereocenters. The summed E-state index contributed by atoms with van der Waals surface area (Å²) in [6.45, 7) is 1.90. The lowest BCUT2D eigenvalue weighted by molar-refractivity contribution is -0.128. The highest BCUT2D eigenvalue weighted by molar-refractivity contribution is 5.93. The molecule has 1 aliphatic rings. The molecule has 1 aliphatic heterocycles. The Labute approximate surface area is 169 Å². The molecule has 1 saturated heterocycles. The van der Waals surface area contributed by atoms with Crippen molar-refractivity contribution in [3.8, 4) is 11.4 Å². The van der Waals surface area contributed by atoms with E-state index in [0.29, 0.717) is 30.9 Å². The second-order valence-electron chi connectivity index (χ2n) is 7.08. The maximum Gasteiger partial charge on any atom is 0.254 e. The SMILES string of the molecule is O=C(NCc1ccc(CN2CCCC2=O)cc1)c1cnc(-c2ccccc2)nc1. The molecule has 29 heavy (non-hydrogen) atoms. The van der Waals surface area contributed by atoms with Crippen LogP contribution >= 0.6 is 0 Å². The number of likely N-dealkylation sites (tertiary alicyclic amines) is 1. The highest BCUT2D eigenvalue weighted by atomic mass is 16.2. The molecule has 0 aliphatic carbocycles. The third-order valence-electron chi connectivity index (χ3n) is 4.97. The maximum absolute atomic E-state index is 12.4. The highest BCUT2D eigenvalue weighted by Crippen LogP contribution is 2.15. The topological polar surface area (TPSA) is 75.2 Å². The Hall–Kier alpha value is -3.54. The quantitative estimate of drug-likeness (QED) is 0.706. The number of carbonyl (C=O) groups is 2. The van der Waals surface area contributed by atoms with Gasteiger partial charge in [-0.15, -0.1) is 0 Å². The zero-order chi connectivity index (χ0) is 20.1. The van der Waals surface area contributed by atoms with E-state index < -0.39 is 0 Å². The van der Waals surface area contributed by atoms with E-state index in [1.54, 1.807) is 12.4 Å². The lowest BCUT2D eigenvalue weighted by atomic mass is 10.1. The van der Waals surface area contributed by atoms with E-state index in [-0.39, 0.29) is 11.8 Å². The Kier molecular flexibility index (Phi) is 5.61. The van der Waals surface area contributed by atoms with Crippen molar-refractivity contribution >= 4 is 11.8 Å². The van der Waals surface area contributed by atoms with Crippen LogP contribution in [-0.4, -0.2) is 33.2 Å². The molecule has 3 aromatic rings. The number of hydrogen-bond donors (Lipinski definition) is 1. The lowest BCUT2D eigenvalue weighted by Crippen LogP contribution is -2.24. The van der Waals surface area contributed by atoms with E-state index in [4.69, 9.17) is 0 Å². The van der Waals surface area contributed by atoms with E-state index >= 15 is 0 Å². The normalized spacial score (nSPS) is 13.5. The number of aromatic nitrogens is 2. The van der Waals surface area contributed by atoms with Crippen molar-refractivity contribution in [2.24, 2.45) is 0 Å². The minimum Gasteiger partial charge on any atom is -0.348 e. The van der Waals surface area contributed by atoms with Gasteiger partial charge in [0.05, 0.1) is 5.56 Å². The largest absolute Gasteiger partial charge is 0.348 e. The van der Waals surface area contributed by atoms with Gasteiger partial charge in [0, 0.05) is 44.0 Å². The van der Waals surface area contributed by atoms with Gasteiger partial charge < -0.3 is 10.2 Å². The minimum atomic E-state index is -0.212. The van der Waals surface area contributed by atoms with Gasteiger partial charge in [-0.05, 0) is 17.5 Å². The maximum atomic E-state index is 12.4. The van der Waals surface area contributed by atoms with Crippen LogP contribution in [0.1, 0.15) is 34.3 Å². The number of rotatable bonds is 6. The average Bonchev–Trinajstić information content (AvgIpc) is 3.18. The second-order valence-corrected chi connectivity index (χ2v) is 7.08. The van der Waals surface area contributed by atoms with Gasteiger partial charge in [-0.2, -0.15) is 0 Å². The van der Waals surface area contributed by atoms with Crippen LogP contribution in [0.2, 0.25) is 0 Å². The van der Waals surface area contributed by atoms with Crippen molar-refractivity contribution in [3.63, 3.8) is 0 Å². The van der Waals surface area contributed by atoms with Gasteiger partial charge in [-0.1, -0.05) is 54.6 Å². The van der Waals surface area contributed by atoms with Crippen molar-refractivity contribution in [1.29, 1.82) is 0 Å². The molecule has 146 valence electrons. The zero-order valence-electron chi connectivity index (χ0n) is 16.0. The van der Waals surface area contributed by atoms with Crippen LogP contribution in [-0.2, 0) is 17.9 Å². The summed E-state index contributed by atoms with van der Waals surface area (Å²) < 4.78 is 0. The number of benzene rings is 2. The van der Waals surface area contributed by atoms with E-state index in [0.717, 1.165) is 29.7 Å². The van der Waals surface area contributed by atoms with E-state index in [2.05, 4.69) is 15.3 Å². The molecule has 1 N–H and O–H groups in total. The van der Waals surface area contributed by atoms with Crippen LogP contribution in [0, 0.1) is 0 Å². The molecule has 6 heteroatoms. The number of hydrogen-bond acceptors (Lipinski definition) is 4. The van der Waals surface area contributed by atoms with Gasteiger partial charge in [0.15, 0.2) is 5.82 Å². The summed E-state index contributed by atoms with van der Waals surface area (Å²) in [4.78, 5) is 34.6. The number of nitrogens with zero attached hydrogens (tertiary/aromatic N) is 3. The first-order valence-corrected chi connectivity index (χ1v) is 9.70. The minimum absolute atomic E-state index is 0.212. The molecule has 1 aromatic heterocycles. The van der Waals surface area contributed by atoms with Gasteiger partial charge in [0.2, 0.25) is 5.91 Å². The predicted molar refractivity (Wildman–Crippen MR) is 110 cm³/mol. The summed E-state index contributed by atoms with van der Waals surface area (Å²) in [5.41, 5.74) is 3.43. The van der Waals surface area contributed by atoms with Crippen LogP contribution in [0.3, 0.4) is 0 Å². The van der Waals surface area contributed by atoms with Crippen molar-refractivity contribution in [3.05, 3.63) is 83.7 Å². The summed E-state index contributed by atoms with van der Waals surface area (Å²) in [6, 6.07) is 17.6. The molecule has 0 spiro atoms. The Bertz CT molecular complexity index is 986. The first kappa shape index (κ1) is 18.8. The van der Waals surface area contributed by atoms with Crippen LogP contribution in [0.5, 0.6) is 0 Å². The van der Waals surface area contributed by atoms with Crippen LogP contribution in [0.25, 0.3) is 11.4 Å². The molecular weight excluding hydrogens is 364 g/mol. The summed E-state index contributed by atoms with van der Waals surface area (Å²) in [5, 5.41) is 2.89. The molecule has 2 heterocycles. The molecule has 2 aromatic carbocycles. The van der Waals surface area contributed by atoms with Crippen molar-refractivity contribution in [2.45, 2.75) is 25.9 Å². The van der Waals surface area contributed by atoms with Gasteiger partial charge in [0.25, 0.3) is 5.91 Å². The van der Waals surface area contributed by atoms with Crippen LogP contribution in [0.4, 0.5) is 0 Å². The summed E-state index contributed by atoms with van der Waals surface area (Å²) >= 11 is 0. The summed E-state index contributed by atoms with van der Waals surface area (Å²) in [6.07, 6.45) is 4.68. The molecule has 0 saturated carbocycles. The van der Waals surface area contributed by atoms with Gasteiger partial charge in [-0.25, -0.2) is 9.97 Å². The van der Waals surface area contributed by atoms with Crippen LogP contribution < -0.4 is 5.32 Å². The van der Waals surface area contributed by atoms with E-state index in [1.807, 2.05) is 59.5 Å². The molecule has 0 bridgehead atoms. The smallest absolute Gasteiger partial charge is 0.254 e. The van der Waals surface area contributed by atoms with Crippen molar-refractivity contribution < 1.29 is 9.59 Å². The van der Waals surface area contributed by atoms with E-state index in [9.17, 15) is 9.59 Å². The zero-order valence-corrected chi connectivity index (χ0v) is 16.0. The number of amides is 2. The monoisotopic (exact) mass is 386 g/mol. The Morgan fingerprint density at radius 2 is 1.66 bits per heavy atom. The standard InChI is InChI=1S/C23H22N4O2/c28-21-7-4-12-27(21)16-18-10-8-17(9-11-18)13-26-23(29)20-14-24-22(25-15-20)19-5-2-1-3-6-19/h1-3,5-6,8-11,14-15H,4,7,12-13,16H2,(H,26,29). The molecular formula is C23H22N4O2. The first-order valence-electron chi connectivity index (χ1n) is 9.70. The second kappa shape index (κ2) is 8.65. The molecule has 0 unspecified atom stereocenters. The van der Waals surface area contributed by atoms with E-state index in [1.165, 1.54) is 0 Å². The number of carbonyl (C=O) groups excluding carboxylic acids is 2. The summed E-state index contributed by atoms with van der Waals surface area (Å²) in [5.74, 6) is 0.604. The fourth-order valence-electron chi connectivity index (χ4n) is 3.32. The van der Waals surface area contributed by atoms with Crippen molar-refractivity contribution in [1.82, 2.24) is 20.2 Å². The Balaban J connectivity index is 1.31. The predicted octanol–water partition coefficient (Wildman–Crippen LogP) is 3.20. The van der Waals surface area contributed by atoms with Gasteiger partial charge in [0.1, 0.15) is 0 Å². The van der Waals surface area contributed by atoms with Crippen molar-refractivity contribution in [2.75, 3.05) is 6.54 Å². The van der Waals surface area contributed by atoms with Gasteiger partial charge >= 0.3 is 0 Å². The Morgan fingerprint density at radius 1 is 0.966 bits per heavy atom. The first-order chi connectivity index (χ1) is 14.2. The molecule has 6 nitrogen and oxygen atoms in total. The third kappa shape index (κ3) is 4.66.